The molecule has 2 unspecified atom stereocenters. The van der Waals surface area contributed by atoms with Crippen molar-refractivity contribution in [3.05, 3.63) is 12.7 Å². The molecule has 0 radical (unpaired) electrons. The minimum Gasteiger partial charge on any atom is -0.376 e. The Balaban J connectivity index is 2.15. The number of ether oxygens (including phenoxy) is 2. The largest absolute Gasteiger partial charge is 0.376 e. The van der Waals surface area contributed by atoms with Crippen molar-refractivity contribution in [2.45, 2.75) is 45.3 Å². The van der Waals surface area contributed by atoms with Gasteiger partial charge in [-0.2, -0.15) is 0 Å². The van der Waals surface area contributed by atoms with Gasteiger partial charge in [0.2, 0.25) is 0 Å². The maximum atomic E-state index is 5.82. The van der Waals surface area contributed by atoms with Crippen molar-refractivity contribution < 1.29 is 9.47 Å². The van der Waals surface area contributed by atoms with Gasteiger partial charge < -0.3 is 9.47 Å². The molecule has 1 saturated carbocycles. The molecule has 2 atom stereocenters. The molecule has 1 aliphatic rings. The van der Waals surface area contributed by atoms with E-state index in [1.807, 2.05) is 13.0 Å². The summed E-state index contributed by atoms with van der Waals surface area (Å²) in [5, 5.41) is 0. The number of hydrogen-bond donors (Lipinski definition) is 0. The van der Waals surface area contributed by atoms with Crippen molar-refractivity contribution in [3.63, 3.8) is 0 Å². The van der Waals surface area contributed by atoms with Crippen molar-refractivity contribution in [3.8, 4) is 0 Å². The Morgan fingerprint density at radius 2 is 2.14 bits per heavy atom. The van der Waals surface area contributed by atoms with Crippen LogP contribution in [0.3, 0.4) is 0 Å². The molecule has 1 fully saturated rings. The van der Waals surface area contributed by atoms with E-state index in [-0.39, 0.29) is 6.10 Å². The quantitative estimate of drug-likeness (QED) is 0.558. The van der Waals surface area contributed by atoms with Gasteiger partial charge in [0.1, 0.15) is 0 Å². The van der Waals surface area contributed by atoms with Crippen LogP contribution in [0.5, 0.6) is 0 Å². The maximum absolute atomic E-state index is 5.82. The van der Waals surface area contributed by atoms with E-state index in [1.54, 1.807) is 0 Å². The third-order valence-electron chi connectivity index (χ3n) is 2.54. The molecule has 2 heteroatoms. The van der Waals surface area contributed by atoms with Crippen LogP contribution in [-0.4, -0.2) is 25.4 Å². The van der Waals surface area contributed by atoms with Crippen molar-refractivity contribution in [2.75, 3.05) is 13.2 Å². The van der Waals surface area contributed by atoms with E-state index in [4.69, 9.17) is 9.47 Å². The SMILES string of the molecule is C=CCC(OCC(C)OCC)C1CC1. The van der Waals surface area contributed by atoms with Crippen molar-refractivity contribution >= 4 is 0 Å². The van der Waals surface area contributed by atoms with E-state index < -0.39 is 0 Å². The average molecular weight is 198 g/mol. The van der Waals surface area contributed by atoms with Crippen LogP contribution in [0.4, 0.5) is 0 Å². The molecule has 0 aromatic carbocycles. The van der Waals surface area contributed by atoms with Crippen LogP contribution >= 0.6 is 0 Å². The summed E-state index contributed by atoms with van der Waals surface area (Å²) in [4.78, 5) is 0. The lowest BCUT2D eigenvalue weighted by molar-refractivity contribution is -0.0387. The first-order valence-electron chi connectivity index (χ1n) is 5.62. The lowest BCUT2D eigenvalue weighted by Crippen LogP contribution is -2.23. The van der Waals surface area contributed by atoms with Crippen LogP contribution in [0.15, 0.2) is 12.7 Å². The predicted molar refractivity (Wildman–Crippen MR) is 58.4 cm³/mol. The minimum absolute atomic E-state index is 0.214. The van der Waals surface area contributed by atoms with Crippen LogP contribution in [0.2, 0.25) is 0 Å². The van der Waals surface area contributed by atoms with E-state index >= 15 is 0 Å². The van der Waals surface area contributed by atoms with E-state index in [0.717, 1.165) is 18.9 Å². The molecule has 0 bridgehead atoms. The normalized spacial score (nSPS) is 20.4. The highest BCUT2D eigenvalue weighted by molar-refractivity contribution is 4.87. The molecule has 0 heterocycles. The van der Waals surface area contributed by atoms with Crippen molar-refractivity contribution in [2.24, 2.45) is 5.92 Å². The molecule has 0 N–H and O–H groups in total. The van der Waals surface area contributed by atoms with Gasteiger partial charge in [-0.15, -0.1) is 6.58 Å². The lowest BCUT2D eigenvalue weighted by atomic mass is 10.1. The second kappa shape index (κ2) is 6.20. The summed E-state index contributed by atoms with van der Waals surface area (Å²) in [5.41, 5.74) is 0. The Labute approximate surface area is 87.3 Å². The van der Waals surface area contributed by atoms with E-state index in [9.17, 15) is 0 Å². The average Bonchev–Trinajstić information content (AvgIpc) is 2.96. The Morgan fingerprint density at radius 3 is 2.64 bits per heavy atom. The first kappa shape index (κ1) is 11.7. The predicted octanol–water partition coefficient (Wildman–Crippen LogP) is 2.78. The summed E-state index contributed by atoms with van der Waals surface area (Å²) in [5.74, 6) is 0.779. The van der Waals surface area contributed by atoms with Gasteiger partial charge in [0.05, 0.1) is 18.8 Å². The fraction of sp³-hybridized carbons (Fsp3) is 0.833. The van der Waals surface area contributed by atoms with Gasteiger partial charge in [-0.25, -0.2) is 0 Å². The molecule has 0 amide bonds. The maximum Gasteiger partial charge on any atom is 0.0780 e. The smallest absolute Gasteiger partial charge is 0.0780 e. The highest BCUT2D eigenvalue weighted by Gasteiger charge is 2.31. The molecule has 0 aromatic heterocycles. The second-order valence-corrected chi connectivity index (χ2v) is 4.00. The first-order chi connectivity index (χ1) is 6.77. The Morgan fingerprint density at radius 1 is 1.43 bits per heavy atom. The van der Waals surface area contributed by atoms with Gasteiger partial charge in [-0.05, 0) is 39.0 Å². The Bertz CT molecular complexity index is 164. The standard InChI is InChI=1S/C12H22O2/c1-4-6-12(11-7-8-11)14-9-10(3)13-5-2/h4,10-12H,1,5-9H2,2-3H3. The highest BCUT2D eigenvalue weighted by atomic mass is 16.5. The van der Waals surface area contributed by atoms with Crippen molar-refractivity contribution in [1.29, 1.82) is 0 Å². The molecular weight excluding hydrogens is 176 g/mol. The van der Waals surface area contributed by atoms with Crippen LogP contribution in [-0.2, 0) is 9.47 Å². The molecule has 0 saturated heterocycles. The molecule has 0 aliphatic heterocycles. The molecule has 1 aliphatic carbocycles. The highest BCUT2D eigenvalue weighted by Crippen LogP contribution is 2.36. The zero-order valence-electron chi connectivity index (χ0n) is 9.37. The minimum atomic E-state index is 0.214. The Hall–Kier alpha value is -0.340. The molecule has 0 aromatic rings. The van der Waals surface area contributed by atoms with E-state index in [1.165, 1.54) is 12.8 Å². The van der Waals surface area contributed by atoms with E-state index in [0.29, 0.717) is 12.7 Å². The molecular formula is C12H22O2. The van der Waals surface area contributed by atoms with Gasteiger partial charge in [-0.1, -0.05) is 6.08 Å². The molecule has 1 rings (SSSR count). The van der Waals surface area contributed by atoms with Gasteiger partial charge in [-0.3, -0.25) is 0 Å². The van der Waals surface area contributed by atoms with Crippen LogP contribution < -0.4 is 0 Å². The summed E-state index contributed by atoms with van der Waals surface area (Å²) in [6.07, 6.45) is 6.17. The van der Waals surface area contributed by atoms with Gasteiger partial charge in [0.25, 0.3) is 0 Å². The van der Waals surface area contributed by atoms with Gasteiger partial charge in [0.15, 0.2) is 0 Å². The molecule has 82 valence electrons. The lowest BCUT2D eigenvalue weighted by Gasteiger charge is -2.18. The summed E-state index contributed by atoms with van der Waals surface area (Å²) in [6, 6.07) is 0. The first-order valence-corrected chi connectivity index (χ1v) is 5.62. The van der Waals surface area contributed by atoms with Gasteiger partial charge in [0, 0.05) is 6.61 Å². The van der Waals surface area contributed by atoms with E-state index in [2.05, 4.69) is 13.5 Å². The summed E-state index contributed by atoms with van der Waals surface area (Å²) in [7, 11) is 0. The van der Waals surface area contributed by atoms with Crippen LogP contribution in [0.25, 0.3) is 0 Å². The number of rotatable bonds is 8. The topological polar surface area (TPSA) is 18.5 Å². The van der Waals surface area contributed by atoms with Gasteiger partial charge >= 0.3 is 0 Å². The zero-order valence-corrected chi connectivity index (χ0v) is 9.37. The molecule has 14 heavy (non-hydrogen) atoms. The second-order valence-electron chi connectivity index (χ2n) is 4.00. The van der Waals surface area contributed by atoms with Crippen LogP contribution in [0, 0.1) is 5.92 Å². The third kappa shape index (κ3) is 4.25. The zero-order chi connectivity index (χ0) is 10.4. The fourth-order valence-electron chi connectivity index (χ4n) is 1.62. The van der Waals surface area contributed by atoms with Crippen LogP contribution in [0.1, 0.15) is 33.1 Å². The monoisotopic (exact) mass is 198 g/mol. The van der Waals surface area contributed by atoms with Crippen molar-refractivity contribution in [1.82, 2.24) is 0 Å². The molecule has 0 spiro atoms. The summed E-state index contributed by atoms with van der Waals surface area (Å²) < 4.78 is 11.2. The fourth-order valence-corrected chi connectivity index (χ4v) is 1.62. The molecule has 2 nitrogen and oxygen atoms in total. The third-order valence-corrected chi connectivity index (χ3v) is 2.54. The summed E-state index contributed by atoms with van der Waals surface area (Å²) >= 11 is 0. The number of hydrogen-bond acceptors (Lipinski definition) is 2. The Kier molecular flexibility index (Phi) is 5.20. The summed E-state index contributed by atoms with van der Waals surface area (Å²) in [6.45, 7) is 9.31.